The Balaban J connectivity index is 1.70. The number of nitrogens with zero attached hydrogens (tertiary/aromatic N) is 4. The van der Waals surface area contributed by atoms with Gasteiger partial charge in [-0.15, -0.1) is 11.8 Å². The number of ether oxygens (including phenoxy) is 1. The van der Waals surface area contributed by atoms with Crippen molar-refractivity contribution in [2.24, 2.45) is 5.11 Å². The van der Waals surface area contributed by atoms with Crippen LogP contribution in [0.2, 0.25) is 0 Å². The van der Waals surface area contributed by atoms with E-state index in [2.05, 4.69) is 23.2 Å². The van der Waals surface area contributed by atoms with Crippen LogP contribution in [0.25, 0.3) is 10.4 Å². The highest BCUT2D eigenvalue weighted by molar-refractivity contribution is 8.00. The van der Waals surface area contributed by atoms with Gasteiger partial charge in [0.05, 0.1) is 17.3 Å². The molecule has 7 N–H and O–H groups in total. The van der Waals surface area contributed by atoms with E-state index in [4.69, 9.17) is 20.1 Å². The molecule has 1 fully saturated rings. The summed E-state index contributed by atoms with van der Waals surface area (Å²) >= 11 is 0.708. The number of H-pyrrole nitrogens is 1. The van der Waals surface area contributed by atoms with Crippen molar-refractivity contribution >= 4 is 46.7 Å². The number of aromatic nitrogens is 2. The highest BCUT2D eigenvalue weighted by Crippen LogP contribution is 2.66. The summed E-state index contributed by atoms with van der Waals surface area (Å²) in [6.45, 7) is -1.13. The zero-order chi connectivity index (χ0) is 31.5. The van der Waals surface area contributed by atoms with E-state index < -0.39 is 71.6 Å². The lowest BCUT2D eigenvalue weighted by Gasteiger charge is -2.19. The second-order valence-electron chi connectivity index (χ2n) is 8.04. The molecule has 1 saturated heterocycles. The van der Waals surface area contributed by atoms with Crippen LogP contribution in [0, 0.1) is 0 Å². The largest absolute Gasteiger partial charge is 0.490 e. The van der Waals surface area contributed by atoms with Crippen LogP contribution in [0.1, 0.15) is 16.6 Å². The Labute approximate surface area is 236 Å². The third-order valence-electron chi connectivity index (χ3n) is 5.07. The Hall–Kier alpha value is -2.48. The van der Waals surface area contributed by atoms with Gasteiger partial charge in [0.25, 0.3) is 5.56 Å². The predicted molar refractivity (Wildman–Crippen MR) is 137 cm³/mol. The molecule has 6 atom stereocenters. The number of rotatable bonds is 13. The molecule has 0 radical (unpaired) electrons. The maximum atomic E-state index is 12.5. The van der Waals surface area contributed by atoms with Gasteiger partial charge in [0, 0.05) is 22.4 Å². The number of thioether (sulfide) groups is 1. The highest BCUT2D eigenvalue weighted by Gasteiger charge is 2.47. The second kappa shape index (κ2) is 13.4. The Kier molecular flexibility index (Phi) is 10.9. The van der Waals surface area contributed by atoms with Gasteiger partial charge in [-0.3, -0.25) is 23.7 Å². The summed E-state index contributed by atoms with van der Waals surface area (Å²) in [5, 5.41) is 24.1. The van der Waals surface area contributed by atoms with Crippen LogP contribution in [-0.4, -0.2) is 75.8 Å². The van der Waals surface area contributed by atoms with Crippen LogP contribution in [0.4, 0.5) is 5.69 Å². The summed E-state index contributed by atoms with van der Waals surface area (Å²) in [5.41, 5.74) is 6.92. The van der Waals surface area contributed by atoms with Crippen molar-refractivity contribution in [2.45, 2.75) is 29.4 Å². The zero-order valence-electron chi connectivity index (χ0n) is 20.4. The van der Waals surface area contributed by atoms with Gasteiger partial charge in [-0.1, -0.05) is 29.4 Å². The molecule has 2 heterocycles. The van der Waals surface area contributed by atoms with E-state index in [1.54, 1.807) is 0 Å². The van der Waals surface area contributed by atoms with Gasteiger partial charge in [-0.25, -0.2) is 18.5 Å². The first-order valence-corrected chi connectivity index (χ1v) is 16.4. The molecule has 25 heteroatoms. The van der Waals surface area contributed by atoms with Crippen LogP contribution in [0.5, 0.6) is 0 Å². The number of phosphoric acid groups is 3. The van der Waals surface area contributed by atoms with Crippen molar-refractivity contribution in [3.8, 4) is 0 Å². The maximum Gasteiger partial charge on any atom is 0.490 e. The molecule has 1 aliphatic heterocycles. The van der Waals surface area contributed by atoms with Crippen molar-refractivity contribution in [2.75, 3.05) is 12.4 Å². The smallest absolute Gasteiger partial charge is 0.387 e. The standard InChI is InChI=1S/C17H20N5O16P3S/c18-21-20-9-3-1-8(2-4-9)10(23)7-42-12-5-22(17(27)19-15(12)26)16-14(25)13(24)11(36-16)6-35-40(31,32)38-41(33,34)37-39(28,29)30/h1-5,11,13-14,16,24-25H,6-7H2,(H,31,32)(H,33,34)(H,19,26,27)(H2,28,29,30)/t11-,13-,14-,16-/m1/s1. The molecule has 2 unspecified atom stereocenters. The molecule has 2 aromatic rings. The number of ketones is 1. The van der Waals surface area contributed by atoms with Gasteiger partial charge in [-0.05, 0) is 5.53 Å². The van der Waals surface area contributed by atoms with E-state index >= 15 is 0 Å². The van der Waals surface area contributed by atoms with Gasteiger partial charge >= 0.3 is 29.2 Å². The molecule has 42 heavy (non-hydrogen) atoms. The van der Waals surface area contributed by atoms with Crippen LogP contribution in [0.3, 0.4) is 0 Å². The number of azide groups is 1. The van der Waals surface area contributed by atoms with Crippen molar-refractivity contribution in [3.63, 3.8) is 0 Å². The first kappa shape index (κ1) is 34.0. The topological polar surface area (TPSA) is 330 Å². The number of hydrogen-bond acceptors (Lipinski definition) is 14. The number of aliphatic hydroxyl groups excluding tert-OH is 2. The minimum Gasteiger partial charge on any atom is -0.387 e. The van der Waals surface area contributed by atoms with Crippen LogP contribution in [0.15, 0.2) is 50.1 Å². The summed E-state index contributed by atoms with van der Waals surface area (Å²) in [4.78, 5) is 77.5. The number of Topliss-reactive ketones (excluding diaryl/α,β-unsaturated/α-hetero) is 1. The summed E-state index contributed by atoms with van der Waals surface area (Å²) < 4.78 is 51.5. The van der Waals surface area contributed by atoms with E-state index in [0.29, 0.717) is 16.3 Å². The van der Waals surface area contributed by atoms with Gasteiger partial charge in [-0.2, -0.15) is 8.62 Å². The first-order chi connectivity index (χ1) is 19.4. The van der Waals surface area contributed by atoms with Crippen molar-refractivity contribution in [3.05, 3.63) is 67.3 Å². The first-order valence-electron chi connectivity index (χ1n) is 10.9. The normalized spacial score (nSPS) is 23.5. The lowest BCUT2D eigenvalue weighted by Crippen LogP contribution is -2.38. The summed E-state index contributed by atoms with van der Waals surface area (Å²) in [6.07, 6.45) is -6.30. The zero-order valence-corrected chi connectivity index (χ0v) is 23.9. The van der Waals surface area contributed by atoms with Gasteiger partial charge in [0.15, 0.2) is 12.0 Å². The fourth-order valence-electron chi connectivity index (χ4n) is 3.32. The van der Waals surface area contributed by atoms with Gasteiger partial charge in [0.2, 0.25) is 0 Å². The average molecular weight is 675 g/mol. The molecule has 0 aliphatic carbocycles. The van der Waals surface area contributed by atoms with E-state index in [9.17, 15) is 48.1 Å². The van der Waals surface area contributed by atoms with Gasteiger partial charge < -0.3 is 34.5 Å². The molecule has 230 valence electrons. The van der Waals surface area contributed by atoms with Crippen molar-refractivity contribution in [1.29, 1.82) is 0 Å². The Morgan fingerprint density at radius 3 is 2.31 bits per heavy atom. The third-order valence-corrected chi connectivity index (χ3v) is 9.88. The van der Waals surface area contributed by atoms with Crippen molar-refractivity contribution < 1.29 is 66.2 Å². The van der Waals surface area contributed by atoms with E-state index in [1.807, 2.05) is 4.98 Å². The Morgan fingerprint density at radius 1 is 1.07 bits per heavy atom. The lowest BCUT2D eigenvalue weighted by molar-refractivity contribution is -0.0545. The van der Waals surface area contributed by atoms with Crippen LogP contribution < -0.4 is 11.2 Å². The second-order valence-corrected chi connectivity index (χ2v) is 13.5. The fraction of sp³-hybridized carbons (Fsp3) is 0.353. The molecular formula is C17H20N5O16P3S. The average Bonchev–Trinajstić information content (AvgIpc) is 3.14. The SMILES string of the molecule is [N-]=[N+]=Nc1ccc(C(=O)CSc2cn([C@@H]3O[C@H](COP(=O)(O)OP(=O)(O)OP(=O)(O)O)[C@@H](O)[C@H]3O)c(=O)[nH]c2=O)cc1. The van der Waals surface area contributed by atoms with E-state index in [-0.39, 0.29) is 21.9 Å². The molecule has 0 saturated carbocycles. The molecule has 1 aliphatic rings. The number of nitrogens with one attached hydrogen (secondary N) is 1. The number of carbonyl (C=O) groups is 1. The quantitative estimate of drug-likeness (QED) is 0.0377. The van der Waals surface area contributed by atoms with Crippen LogP contribution >= 0.6 is 35.2 Å². The highest BCUT2D eigenvalue weighted by atomic mass is 32.2. The van der Waals surface area contributed by atoms with E-state index in [0.717, 1.165) is 6.20 Å². The number of aromatic amines is 1. The molecule has 1 aromatic carbocycles. The number of phosphoric ester groups is 1. The minimum absolute atomic E-state index is 0.185. The fourth-order valence-corrected chi connectivity index (χ4v) is 7.17. The summed E-state index contributed by atoms with van der Waals surface area (Å²) in [7, 11) is -17.0. The number of benzene rings is 1. The maximum absolute atomic E-state index is 12.5. The van der Waals surface area contributed by atoms with Crippen molar-refractivity contribution in [1.82, 2.24) is 9.55 Å². The monoisotopic (exact) mass is 675 g/mol. The number of carbonyl (C=O) groups excluding carboxylic acids is 1. The molecule has 0 amide bonds. The third kappa shape index (κ3) is 9.26. The number of hydrogen-bond donors (Lipinski definition) is 7. The predicted octanol–water partition coefficient (Wildman–Crippen LogP) is 0.416. The molecular weight excluding hydrogens is 655 g/mol. The molecule has 1 aromatic heterocycles. The minimum atomic E-state index is -5.82. The van der Waals surface area contributed by atoms with E-state index in [1.165, 1.54) is 24.3 Å². The molecule has 0 bridgehead atoms. The lowest BCUT2D eigenvalue weighted by atomic mass is 10.1. The summed E-state index contributed by atoms with van der Waals surface area (Å²) in [6, 6.07) is 5.58. The van der Waals surface area contributed by atoms with Gasteiger partial charge in [0.1, 0.15) is 18.3 Å². The Morgan fingerprint density at radius 2 is 1.71 bits per heavy atom. The number of aliphatic hydroxyl groups is 2. The summed E-state index contributed by atoms with van der Waals surface area (Å²) in [5.74, 6) is -0.731. The molecule has 0 spiro atoms. The Bertz CT molecular complexity index is 1640. The molecule has 21 nitrogen and oxygen atoms in total. The van der Waals surface area contributed by atoms with Crippen LogP contribution in [-0.2, 0) is 31.6 Å². The molecule has 3 rings (SSSR count).